The summed E-state index contributed by atoms with van der Waals surface area (Å²) in [4.78, 5) is 11.2. The van der Waals surface area contributed by atoms with Crippen LogP contribution in [0.25, 0.3) is 0 Å². The summed E-state index contributed by atoms with van der Waals surface area (Å²) in [6.45, 7) is 9.05. The first kappa shape index (κ1) is 15.3. The van der Waals surface area contributed by atoms with E-state index in [0.29, 0.717) is 0 Å². The first-order valence-electron chi connectivity index (χ1n) is 7.59. The summed E-state index contributed by atoms with van der Waals surface area (Å²) in [7, 11) is 0. The molecule has 0 aliphatic heterocycles. The van der Waals surface area contributed by atoms with Crippen LogP contribution in [0.2, 0.25) is 0 Å². The van der Waals surface area contributed by atoms with Crippen LogP contribution in [0, 0.1) is 6.92 Å². The molecule has 0 saturated heterocycles. The average Bonchev–Trinajstić information content (AvgIpc) is 2.53. The van der Waals surface area contributed by atoms with Crippen LogP contribution in [0.5, 0.6) is 0 Å². The zero-order chi connectivity index (χ0) is 15.1. The summed E-state index contributed by atoms with van der Waals surface area (Å²) in [5.74, 6) is 0.846. The van der Waals surface area contributed by atoms with E-state index in [1.54, 1.807) is 0 Å². The Labute approximate surface area is 127 Å². The van der Waals surface area contributed by atoms with Crippen molar-refractivity contribution in [2.45, 2.75) is 33.7 Å². The van der Waals surface area contributed by atoms with E-state index in [0.717, 1.165) is 37.6 Å². The molecule has 4 heteroatoms. The van der Waals surface area contributed by atoms with E-state index in [-0.39, 0.29) is 0 Å². The molecule has 21 heavy (non-hydrogen) atoms. The fourth-order valence-electron chi connectivity index (χ4n) is 2.12. The lowest BCUT2D eigenvalue weighted by Crippen LogP contribution is -2.22. The smallest absolute Gasteiger partial charge is 0.144 e. The molecule has 1 aromatic carbocycles. The molecule has 0 spiro atoms. The van der Waals surface area contributed by atoms with Gasteiger partial charge >= 0.3 is 0 Å². The Kier molecular flexibility index (Phi) is 5.55. The van der Waals surface area contributed by atoms with E-state index >= 15 is 0 Å². The normalized spacial score (nSPS) is 10.4. The van der Waals surface area contributed by atoms with Crippen LogP contribution in [-0.2, 0) is 6.54 Å². The molecule has 0 saturated carbocycles. The van der Waals surface area contributed by atoms with Crippen LogP contribution < -0.4 is 10.2 Å². The maximum absolute atomic E-state index is 4.50. The van der Waals surface area contributed by atoms with Gasteiger partial charge in [0.1, 0.15) is 5.82 Å². The Morgan fingerprint density at radius 2 is 1.81 bits per heavy atom. The maximum atomic E-state index is 4.50. The maximum Gasteiger partial charge on any atom is 0.144 e. The second kappa shape index (κ2) is 7.62. The lowest BCUT2D eigenvalue weighted by Gasteiger charge is -2.22. The first-order valence-corrected chi connectivity index (χ1v) is 7.59. The molecule has 1 aromatic heterocycles. The van der Waals surface area contributed by atoms with Crippen LogP contribution in [0.3, 0.4) is 0 Å². The van der Waals surface area contributed by atoms with Gasteiger partial charge in [0.2, 0.25) is 0 Å². The number of rotatable bonds is 7. The molecular weight excluding hydrogens is 260 g/mol. The van der Waals surface area contributed by atoms with Gasteiger partial charge in [0.15, 0.2) is 0 Å². The van der Waals surface area contributed by atoms with Crippen molar-refractivity contribution in [3.05, 3.63) is 47.9 Å². The van der Waals surface area contributed by atoms with Gasteiger partial charge in [-0.1, -0.05) is 24.6 Å². The van der Waals surface area contributed by atoms with Gasteiger partial charge in [-0.3, -0.25) is 4.98 Å². The Morgan fingerprint density at radius 3 is 2.38 bits per heavy atom. The van der Waals surface area contributed by atoms with Gasteiger partial charge in [0, 0.05) is 18.8 Å². The molecule has 0 unspecified atom stereocenters. The number of nitrogens with zero attached hydrogens (tertiary/aromatic N) is 3. The second-order valence-electron chi connectivity index (χ2n) is 5.17. The average molecular weight is 284 g/mol. The Bertz CT molecular complexity index is 534. The van der Waals surface area contributed by atoms with Gasteiger partial charge in [-0.15, -0.1) is 0 Å². The molecule has 2 aromatic rings. The van der Waals surface area contributed by atoms with Crippen molar-refractivity contribution in [2.24, 2.45) is 0 Å². The molecule has 112 valence electrons. The molecule has 0 aliphatic carbocycles. The van der Waals surface area contributed by atoms with E-state index in [1.807, 2.05) is 12.4 Å². The lowest BCUT2D eigenvalue weighted by atomic mass is 10.2. The Hall–Kier alpha value is -2.10. The van der Waals surface area contributed by atoms with Crippen molar-refractivity contribution < 1.29 is 0 Å². The van der Waals surface area contributed by atoms with Crippen LogP contribution >= 0.6 is 0 Å². The molecule has 4 nitrogen and oxygen atoms in total. The molecule has 0 amide bonds. The monoisotopic (exact) mass is 284 g/mol. The van der Waals surface area contributed by atoms with Gasteiger partial charge in [-0.05, 0) is 32.4 Å². The molecule has 0 aliphatic rings. The highest BCUT2D eigenvalue weighted by Gasteiger charge is 2.06. The summed E-state index contributed by atoms with van der Waals surface area (Å²) in [6.07, 6.45) is 4.75. The predicted octanol–water partition coefficient (Wildman–Crippen LogP) is 3.63. The van der Waals surface area contributed by atoms with Crippen LogP contribution in [0.15, 0.2) is 36.7 Å². The van der Waals surface area contributed by atoms with Gasteiger partial charge in [0.25, 0.3) is 0 Å². The van der Waals surface area contributed by atoms with E-state index in [9.17, 15) is 0 Å². The van der Waals surface area contributed by atoms with Crippen LogP contribution in [0.1, 0.15) is 31.5 Å². The molecule has 1 N–H and O–H groups in total. The third-order valence-electron chi connectivity index (χ3n) is 3.40. The van der Waals surface area contributed by atoms with Gasteiger partial charge in [0.05, 0.1) is 24.6 Å². The fourth-order valence-corrected chi connectivity index (χ4v) is 2.12. The third-order valence-corrected chi connectivity index (χ3v) is 3.40. The van der Waals surface area contributed by atoms with Gasteiger partial charge in [-0.2, -0.15) is 0 Å². The Balaban J connectivity index is 2.02. The molecule has 0 bridgehead atoms. The van der Waals surface area contributed by atoms with Crippen molar-refractivity contribution in [1.29, 1.82) is 0 Å². The third kappa shape index (κ3) is 4.45. The number of aryl methyl sites for hydroxylation is 1. The predicted molar refractivity (Wildman–Crippen MR) is 88.7 cm³/mol. The zero-order valence-electron chi connectivity index (χ0n) is 13.1. The van der Waals surface area contributed by atoms with E-state index in [4.69, 9.17) is 0 Å². The molecule has 2 rings (SSSR count). The van der Waals surface area contributed by atoms with Crippen molar-refractivity contribution in [1.82, 2.24) is 9.97 Å². The minimum Gasteiger partial charge on any atom is -0.369 e. The summed E-state index contributed by atoms with van der Waals surface area (Å²) < 4.78 is 0. The standard InChI is InChI=1S/C17H24N4/c1-4-10-18-17-12-19-15(11-20-17)13-21(5-2)16-8-6-14(3)7-9-16/h6-9,11-12H,4-5,10,13H2,1-3H3,(H,18,20). The highest BCUT2D eigenvalue weighted by atomic mass is 15.1. The van der Waals surface area contributed by atoms with Gasteiger partial charge < -0.3 is 10.2 Å². The minimum atomic E-state index is 0.778. The highest BCUT2D eigenvalue weighted by Crippen LogP contribution is 2.17. The SMILES string of the molecule is CCCNc1cnc(CN(CC)c2ccc(C)cc2)cn1. The van der Waals surface area contributed by atoms with Crippen molar-refractivity contribution in [3.63, 3.8) is 0 Å². The number of hydrogen-bond donors (Lipinski definition) is 1. The first-order chi connectivity index (χ1) is 10.2. The minimum absolute atomic E-state index is 0.778. The van der Waals surface area contributed by atoms with Crippen molar-refractivity contribution in [2.75, 3.05) is 23.3 Å². The summed E-state index contributed by atoms with van der Waals surface area (Å²) in [6, 6.07) is 8.59. The number of anilines is 2. The summed E-state index contributed by atoms with van der Waals surface area (Å²) in [5, 5.41) is 3.24. The van der Waals surface area contributed by atoms with Crippen LogP contribution in [0.4, 0.5) is 11.5 Å². The molecule has 0 radical (unpaired) electrons. The largest absolute Gasteiger partial charge is 0.369 e. The highest BCUT2D eigenvalue weighted by molar-refractivity contribution is 5.47. The van der Waals surface area contributed by atoms with Crippen molar-refractivity contribution >= 4 is 11.5 Å². The number of nitrogens with one attached hydrogen (secondary N) is 1. The zero-order valence-corrected chi connectivity index (χ0v) is 13.1. The summed E-state index contributed by atoms with van der Waals surface area (Å²) in [5.41, 5.74) is 3.48. The fraction of sp³-hybridized carbons (Fsp3) is 0.412. The topological polar surface area (TPSA) is 41.1 Å². The number of benzene rings is 1. The van der Waals surface area contributed by atoms with E-state index in [2.05, 4.69) is 65.2 Å². The molecule has 1 heterocycles. The van der Waals surface area contributed by atoms with E-state index in [1.165, 1.54) is 11.3 Å². The number of aromatic nitrogens is 2. The molecule has 0 atom stereocenters. The molecule has 0 fully saturated rings. The van der Waals surface area contributed by atoms with Crippen molar-refractivity contribution in [3.8, 4) is 0 Å². The number of hydrogen-bond acceptors (Lipinski definition) is 4. The Morgan fingerprint density at radius 1 is 1.05 bits per heavy atom. The lowest BCUT2D eigenvalue weighted by molar-refractivity contribution is 0.803. The van der Waals surface area contributed by atoms with Crippen LogP contribution in [-0.4, -0.2) is 23.1 Å². The van der Waals surface area contributed by atoms with Gasteiger partial charge in [-0.25, -0.2) is 4.98 Å². The summed E-state index contributed by atoms with van der Waals surface area (Å²) >= 11 is 0. The second-order valence-corrected chi connectivity index (χ2v) is 5.17. The quantitative estimate of drug-likeness (QED) is 0.843. The van der Waals surface area contributed by atoms with E-state index < -0.39 is 0 Å². The molecular formula is C17H24N4.